The summed E-state index contributed by atoms with van der Waals surface area (Å²) in [5.74, 6) is 1.45. The molecule has 0 fully saturated rings. The van der Waals surface area contributed by atoms with E-state index in [1.165, 1.54) is 25.7 Å². The summed E-state index contributed by atoms with van der Waals surface area (Å²) in [4.78, 5) is 0. The SMILES string of the molecule is CCCCC1=C(C(C)C)CC(C(C)C)=C1. The first kappa shape index (κ1) is 12.5. The van der Waals surface area contributed by atoms with E-state index >= 15 is 0 Å². The molecule has 0 aromatic carbocycles. The lowest BCUT2D eigenvalue weighted by Crippen LogP contribution is -1.97. The van der Waals surface area contributed by atoms with Gasteiger partial charge in [0.2, 0.25) is 0 Å². The molecule has 15 heavy (non-hydrogen) atoms. The minimum atomic E-state index is 0.720. The van der Waals surface area contributed by atoms with Crippen LogP contribution in [0.3, 0.4) is 0 Å². The molecule has 0 radical (unpaired) electrons. The van der Waals surface area contributed by atoms with Crippen LogP contribution in [0.25, 0.3) is 0 Å². The third kappa shape index (κ3) is 3.22. The Hall–Kier alpha value is -0.520. The van der Waals surface area contributed by atoms with Crippen LogP contribution in [-0.2, 0) is 0 Å². The van der Waals surface area contributed by atoms with E-state index in [9.17, 15) is 0 Å². The highest BCUT2D eigenvalue weighted by molar-refractivity contribution is 5.40. The zero-order valence-corrected chi connectivity index (χ0v) is 11.1. The standard InChI is InChI=1S/C15H26/c1-6-7-8-13-9-14(11(2)3)10-15(13)12(4)5/h9,11-12H,6-8,10H2,1-5H3. The Kier molecular flexibility index (Phi) is 4.63. The summed E-state index contributed by atoms with van der Waals surface area (Å²) in [6.45, 7) is 11.6. The molecule has 0 amide bonds. The van der Waals surface area contributed by atoms with Gasteiger partial charge in [0, 0.05) is 0 Å². The molecule has 0 saturated carbocycles. The second-order valence-electron chi connectivity index (χ2n) is 5.36. The highest BCUT2D eigenvalue weighted by atomic mass is 14.2. The van der Waals surface area contributed by atoms with Crippen LogP contribution in [0.1, 0.15) is 60.3 Å². The fourth-order valence-corrected chi connectivity index (χ4v) is 2.25. The van der Waals surface area contributed by atoms with Gasteiger partial charge in [-0.05, 0) is 36.7 Å². The summed E-state index contributed by atoms with van der Waals surface area (Å²) in [5, 5.41) is 0. The lowest BCUT2D eigenvalue weighted by Gasteiger charge is -2.12. The molecule has 1 aliphatic carbocycles. The van der Waals surface area contributed by atoms with E-state index in [4.69, 9.17) is 0 Å². The molecule has 0 N–H and O–H groups in total. The Morgan fingerprint density at radius 2 is 1.80 bits per heavy atom. The lowest BCUT2D eigenvalue weighted by molar-refractivity contribution is 0.687. The molecule has 0 nitrogen and oxygen atoms in total. The predicted octanol–water partition coefficient (Wildman–Crippen LogP) is 5.12. The van der Waals surface area contributed by atoms with Crippen molar-refractivity contribution in [3.05, 3.63) is 22.8 Å². The Bertz CT molecular complexity index is 264. The van der Waals surface area contributed by atoms with E-state index in [2.05, 4.69) is 40.7 Å². The first-order valence-electron chi connectivity index (χ1n) is 6.48. The average molecular weight is 206 g/mol. The fraction of sp³-hybridized carbons (Fsp3) is 0.733. The number of hydrogen-bond acceptors (Lipinski definition) is 0. The molecule has 0 aliphatic heterocycles. The van der Waals surface area contributed by atoms with Crippen LogP contribution < -0.4 is 0 Å². The summed E-state index contributed by atoms with van der Waals surface area (Å²) in [6.07, 6.45) is 7.66. The maximum Gasteiger partial charge on any atom is -0.00943 e. The Morgan fingerprint density at radius 3 is 2.27 bits per heavy atom. The van der Waals surface area contributed by atoms with Crippen molar-refractivity contribution >= 4 is 0 Å². The second-order valence-corrected chi connectivity index (χ2v) is 5.36. The quantitative estimate of drug-likeness (QED) is 0.586. The van der Waals surface area contributed by atoms with Crippen molar-refractivity contribution in [3.63, 3.8) is 0 Å². The van der Waals surface area contributed by atoms with E-state index in [1.54, 1.807) is 16.7 Å². The molecule has 0 heteroatoms. The molecule has 0 aromatic heterocycles. The molecule has 0 spiro atoms. The molecular weight excluding hydrogens is 180 g/mol. The van der Waals surface area contributed by atoms with E-state index < -0.39 is 0 Å². The van der Waals surface area contributed by atoms with E-state index in [0.717, 1.165) is 11.8 Å². The van der Waals surface area contributed by atoms with Crippen molar-refractivity contribution in [2.45, 2.75) is 60.3 Å². The van der Waals surface area contributed by atoms with Gasteiger partial charge in [-0.1, -0.05) is 58.3 Å². The van der Waals surface area contributed by atoms with Crippen LogP contribution in [0.4, 0.5) is 0 Å². The molecule has 0 heterocycles. The van der Waals surface area contributed by atoms with Gasteiger partial charge in [0.1, 0.15) is 0 Å². The smallest absolute Gasteiger partial charge is 0.00943 e. The third-order valence-electron chi connectivity index (χ3n) is 3.40. The number of allylic oxidation sites excluding steroid dienone is 4. The average Bonchev–Trinajstić information content (AvgIpc) is 2.58. The van der Waals surface area contributed by atoms with E-state index in [1.807, 2.05) is 0 Å². The lowest BCUT2D eigenvalue weighted by atomic mass is 9.93. The molecule has 86 valence electrons. The van der Waals surface area contributed by atoms with Gasteiger partial charge >= 0.3 is 0 Å². The maximum atomic E-state index is 2.48. The van der Waals surface area contributed by atoms with Gasteiger partial charge in [-0.2, -0.15) is 0 Å². The van der Waals surface area contributed by atoms with Crippen molar-refractivity contribution in [2.75, 3.05) is 0 Å². The Labute approximate surface area is 95.5 Å². The molecule has 0 saturated heterocycles. The third-order valence-corrected chi connectivity index (χ3v) is 3.40. The van der Waals surface area contributed by atoms with Crippen LogP contribution in [0.15, 0.2) is 22.8 Å². The van der Waals surface area contributed by atoms with Crippen LogP contribution >= 0.6 is 0 Å². The van der Waals surface area contributed by atoms with Crippen LogP contribution in [0.5, 0.6) is 0 Å². The summed E-state index contributed by atoms with van der Waals surface area (Å²) in [7, 11) is 0. The summed E-state index contributed by atoms with van der Waals surface area (Å²) in [5.41, 5.74) is 4.99. The van der Waals surface area contributed by atoms with Gasteiger partial charge in [0.15, 0.2) is 0 Å². The predicted molar refractivity (Wildman–Crippen MR) is 68.9 cm³/mol. The van der Waals surface area contributed by atoms with Crippen LogP contribution in [0.2, 0.25) is 0 Å². The van der Waals surface area contributed by atoms with Crippen molar-refractivity contribution in [1.29, 1.82) is 0 Å². The van der Waals surface area contributed by atoms with Gasteiger partial charge < -0.3 is 0 Å². The molecule has 0 bridgehead atoms. The van der Waals surface area contributed by atoms with Gasteiger partial charge in [-0.15, -0.1) is 0 Å². The normalized spacial score (nSPS) is 16.9. The minimum Gasteiger partial charge on any atom is -0.0654 e. The summed E-state index contributed by atoms with van der Waals surface area (Å²) < 4.78 is 0. The zero-order chi connectivity index (χ0) is 11.4. The van der Waals surface area contributed by atoms with Gasteiger partial charge in [-0.3, -0.25) is 0 Å². The highest BCUT2D eigenvalue weighted by Crippen LogP contribution is 2.36. The monoisotopic (exact) mass is 206 g/mol. The maximum absolute atomic E-state index is 2.48. The topological polar surface area (TPSA) is 0 Å². The fourth-order valence-electron chi connectivity index (χ4n) is 2.25. The Balaban J connectivity index is 2.74. The molecule has 0 aromatic rings. The van der Waals surface area contributed by atoms with E-state index in [-0.39, 0.29) is 0 Å². The number of unbranched alkanes of at least 4 members (excludes halogenated alkanes) is 1. The molecule has 0 unspecified atom stereocenters. The first-order valence-corrected chi connectivity index (χ1v) is 6.48. The highest BCUT2D eigenvalue weighted by Gasteiger charge is 2.19. The van der Waals surface area contributed by atoms with E-state index in [0.29, 0.717) is 0 Å². The van der Waals surface area contributed by atoms with Crippen LogP contribution in [0, 0.1) is 11.8 Å². The Morgan fingerprint density at radius 1 is 1.13 bits per heavy atom. The first-order chi connectivity index (χ1) is 7.06. The molecule has 0 atom stereocenters. The number of hydrogen-bond donors (Lipinski definition) is 0. The molecule has 1 rings (SSSR count). The van der Waals surface area contributed by atoms with Crippen molar-refractivity contribution < 1.29 is 0 Å². The summed E-state index contributed by atoms with van der Waals surface area (Å²) in [6, 6.07) is 0. The molecule has 1 aliphatic rings. The minimum absolute atomic E-state index is 0.720. The number of rotatable bonds is 5. The van der Waals surface area contributed by atoms with Crippen molar-refractivity contribution in [1.82, 2.24) is 0 Å². The largest absolute Gasteiger partial charge is 0.0654 e. The van der Waals surface area contributed by atoms with Gasteiger partial charge in [0.25, 0.3) is 0 Å². The summed E-state index contributed by atoms with van der Waals surface area (Å²) >= 11 is 0. The van der Waals surface area contributed by atoms with Crippen LogP contribution in [-0.4, -0.2) is 0 Å². The van der Waals surface area contributed by atoms with Crippen molar-refractivity contribution in [3.8, 4) is 0 Å². The van der Waals surface area contributed by atoms with Gasteiger partial charge in [0.05, 0.1) is 0 Å². The van der Waals surface area contributed by atoms with Gasteiger partial charge in [-0.25, -0.2) is 0 Å². The zero-order valence-electron chi connectivity index (χ0n) is 11.1. The van der Waals surface area contributed by atoms with Crippen molar-refractivity contribution in [2.24, 2.45) is 11.8 Å². The second kappa shape index (κ2) is 5.53. The molecular formula is C15H26.